The monoisotopic (exact) mass is 230 g/mol. The van der Waals surface area contributed by atoms with Crippen molar-refractivity contribution >= 4 is 31.3 Å². The van der Waals surface area contributed by atoms with Crippen LogP contribution in [0.5, 0.6) is 0 Å². The quantitative estimate of drug-likeness (QED) is 0.268. The second-order valence-electron chi connectivity index (χ2n) is 3.41. The Bertz CT molecular complexity index is 511. The molecule has 1 aliphatic heterocycles. The molecule has 0 saturated carbocycles. The van der Waals surface area contributed by atoms with Crippen LogP contribution >= 0.6 is 0 Å². The summed E-state index contributed by atoms with van der Waals surface area (Å²) in [5.74, 6) is -0.475. The van der Waals surface area contributed by atoms with Gasteiger partial charge in [0.2, 0.25) is 6.11 Å². The highest BCUT2D eigenvalue weighted by atomic mass is 16.6. The van der Waals surface area contributed by atoms with Crippen LogP contribution in [0.25, 0.3) is 6.08 Å². The van der Waals surface area contributed by atoms with Crippen LogP contribution in [0, 0.1) is 0 Å². The first-order chi connectivity index (χ1) is 8.20. The van der Waals surface area contributed by atoms with Crippen LogP contribution in [-0.2, 0) is 14.3 Å². The van der Waals surface area contributed by atoms with Gasteiger partial charge in [-0.1, -0.05) is 12.1 Å². The number of rotatable bonds is 3. The number of methoxy groups -OCH3 is 1. The lowest BCUT2D eigenvalue weighted by Gasteiger charge is -2.08. The van der Waals surface area contributed by atoms with E-state index < -0.39 is 5.97 Å². The number of carbonyl (C=O) groups excluding carboxylic acids is 1. The van der Waals surface area contributed by atoms with Crippen LogP contribution in [0.1, 0.15) is 5.56 Å². The fourth-order valence-corrected chi connectivity index (χ4v) is 1.38. The van der Waals surface area contributed by atoms with Gasteiger partial charge in [0.05, 0.1) is 7.11 Å². The third-order valence-corrected chi connectivity index (χ3v) is 2.22. The molecule has 1 aromatic carbocycles. The molecule has 0 saturated heterocycles. The van der Waals surface area contributed by atoms with E-state index in [-0.39, 0.29) is 0 Å². The molecular weight excluding hydrogens is 219 g/mol. The molecule has 0 bridgehead atoms. The molecule has 2 rings (SSSR count). The summed E-state index contributed by atoms with van der Waals surface area (Å²) in [4.78, 5) is 11.6. The summed E-state index contributed by atoms with van der Waals surface area (Å²) in [6, 6.07) is 7.17. The van der Waals surface area contributed by atoms with Crippen LogP contribution in [0.4, 0.5) is 5.69 Å². The van der Waals surface area contributed by atoms with Crippen molar-refractivity contribution in [1.82, 2.24) is 0 Å². The van der Waals surface area contributed by atoms with Crippen molar-refractivity contribution in [2.45, 2.75) is 0 Å². The maximum atomic E-state index is 11.6. The van der Waals surface area contributed by atoms with Crippen molar-refractivity contribution < 1.29 is 19.0 Å². The highest BCUT2D eigenvalue weighted by molar-refractivity contribution is 6.62. The highest BCUT2D eigenvalue weighted by Gasteiger charge is 2.32. The number of nitrogen functional groups attached to an aromatic ring is 1. The minimum absolute atomic E-state index is 0.292. The SMILES string of the molecule is COC(=O)/C(=C/c1cccc(N)c1)[N+]1=C[B]O1. The third kappa shape index (κ3) is 2.47. The fraction of sp³-hybridized carbons (Fsp3) is 0.0909. The zero-order chi connectivity index (χ0) is 12.3. The maximum Gasteiger partial charge on any atom is 0.587 e. The zero-order valence-electron chi connectivity index (χ0n) is 9.29. The molecule has 0 amide bonds. The Kier molecular flexibility index (Phi) is 3.14. The summed E-state index contributed by atoms with van der Waals surface area (Å²) in [5, 5.41) is 0. The number of anilines is 1. The van der Waals surface area contributed by atoms with E-state index >= 15 is 0 Å². The molecule has 0 unspecified atom stereocenters. The summed E-state index contributed by atoms with van der Waals surface area (Å²) in [7, 11) is 2.79. The molecule has 1 heterocycles. The van der Waals surface area contributed by atoms with E-state index in [1.54, 1.807) is 24.3 Å². The van der Waals surface area contributed by atoms with Crippen LogP contribution in [0.15, 0.2) is 30.0 Å². The lowest BCUT2D eigenvalue weighted by Crippen LogP contribution is -2.33. The summed E-state index contributed by atoms with van der Waals surface area (Å²) < 4.78 is 11.0. The van der Waals surface area contributed by atoms with Crippen molar-refractivity contribution in [2.24, 2.45) is 0 Å². The van der Waals surface area contributed by atoms with Crippen molar-refractivity contribution in [1.29, 1.82) is 0 Å². The average Bonchev–Trinajstić information content (AvgIpc) is 2.25. The molecule has 0 atom stereocenters. The number of esters is 1. The molecule has 1 aromatic rings. The molecule has 6 heteroatoms. The van der Waals surface area contributed by atoms with Gasteiger partial charge in [-0.05, 0) is 22.4 Å². The normalized spacial score (nSPS) is 13.9. The zero-order valence-corrected chi connectivity index (χ0v) is 9.29. The number of ether oxygens (including phenoxy) is 1. The van der Waals surface area contributed by atoms with E-state index in [2.05, 4.69) is 4.74 Å². The smallest absolute Gasteiger partial charge is 0.461 e. The number of hydrogen-bond acceptors (Lipinski definition) is 4. The van der Waals surface area contributed by atoms with Gasteiger partial charge < -0.3 is 15.2 Å². The van der Waals surface area contributed by atoms with E-state index in [1.165, 1.54) is 19.3 Å². The molecule has 1 radical (unpaired) electrons. The average molecular weight is 230 g/mol. The first-order valence-electron chi connectivity index (χ1n) is 4.99. The number of nitrogens with two attached hydrogens (primary N) is 1. The predicted molar refractivity (Wildman–Crippen MR) is 64.0 cm³/mol. The largest absolute Gasteiger partial charge is 0.587 e. The minimum Gasteiger partial charge on any atom is -0.461 e. The van der Waals surface area contributed by atoms with E-state index in [0.717, 1.165) is 5.56 Å². The number of carbonyl (C=O) groups is 1. The second kappa shape index (κ2) is 4.73. The van der Waals surface area contributed by atoms with E-state index in [9.17, 15) is 4.79 Å². The number of nitrogens with zero attached hydrogens (tertiary/aromatic N) is 1. The molecule has 0 aliphatic carbocycles. The molecule has 1 aliphatic rings. The molecule has 0 spiro atoms. The Labute approximate surface area is 99.4 Å². The Hall–Kier alpha value is -2.24. The molecule has 85 valence electrons. The first kappa shape index (κ1) is 11.3. The van der Waals surface area contributed by atoms with Crippen LogP contribution in [0.2, 0.25) is 0 Å². The first-order valence-corrected chi connectivity index (χ1v) is 4.99. The minimum atomic E-state index is -0.475. The lowest BCUT2D eigenvalue weighted by atomic mass is 10.0. The van der Waals surface area contributed by atoms with E-state index in [0.29, 0.717) is 11.4 Å². The Morgan fingerprint density at radius 1 is 1.59 bits per heavy atom. The van der Waals surface area contributed by atoms with Gasteiger partial charge in [-0.2, -0.15) is 0 Å². The van der Waals surface area contributed by atoms with E-state index in [4.69, 9.17) is 10.5 Å². The van der Waals surface area contributed by atoms with Crippen molar-refractivity contribution in [3.8, 4) is 0 Å². The van der Waals surface area contributed by atoms with Crippen LogP contribution in [-0.4, -0.2) is 31.4 Å². The van der Waals surface area contributed by atoms with Gasteiger partial charge in [0.1, 0.15) is 0 Å². The molecule has 5 nitrogen and oxygen atoms in total. The van der Waals surface area contributed by atoms with Crippen molar-refractivity contribution in [2.75, 3.05) is 12.8 Å². The van der Waals surface area contributed by atoms with Gasteiger partial charge in [0.25, 0.3) is 0 Å². The topological polar surface area (TPSA) is 64.6 Å². The van der Waals surface area contributed by atoms with Crippen LogP contribution in [0.3, 0.4) is 0 Å². The van der Waals surface area contributed by atoms with Crippen molar-refractivity contribution in [3.63, 3.8) is 0 Å². The Morgan fingerprint density at radius 3 is 2.88 bits per heavy atom. The lowest BCUT2D eigenvalue weighted by molar-refractivity contribution is -0.718. The summed E-state index contributed by atoms with van der Waals surface area (Å²) in [5.41, 5.74) is 7.38. The fourth-order valence-electron chi connectivity index (χ4n) is 1.38. The summed E-state index contributed by atoms with van der Waals surface area (Å²) >= 11 is 0. The Balaban J connectivity index is 2.35. The van der Waals surface area contributed by atoms with Crippen molar-refractivity contribution in [3.05, 3.63) is 35.5 Å². The molecule has 2 N–H and O–H groups in total. The standard InChI is InChI=1S/C11H11BN2O3/c1-16-11(15)10(14-7-12-17-14)6-8-3-2-4-9(13)5-8/h2-7H,13H2,1H3/q+1/b10-6-. The highest BCUT2D eigenvalue weighted by Crippen LogP contribution is 2.13. The van der Waals surface area contributed by atoms with Gasteiger partial charge in [0.15, 0.2) is 0 Å². The number of hydroxylamine groups is 1. The van der Waals surface area contributed by atoms with Gasteiger partial charge in [-0.3, -0.25) is 0 Å². The molecule has 17 heavy (non-hydrogen) atoms. The molecule has 0 aromatic heterocycles. The maximum absolute atomic E-state index is 11.6. The van der Waals surface area contributed by atoms with E-state index in [1.807, 2.05) is 12.1 Å². The van der Waals surface area contributed by atoms with Gasteiger partial charge >= 0.3 is 19.1 Å². The summed E-state index contributed by atoms with van der Waals surface area (Å²) in [6.07, 6.45) is 3.26. The van der Waals surface area contributed by atoms with Crippen LogP contribution < -0.4 is 5.73 Å². The second-order valence-corrected chi connectivity index (χ2v) is 3.41. The van der Waals surface area contributed by atoms with Gasteiger partial charge in [-0.25, -0.2) is 4.79 Å². The Morgan fingerprint density at radius 2 is 2.35 bits per heavy atom. The molecular formula is C11H11BN2O3+. The third-order valence-electron chi connectivity index (χ3n) is 2.22. The number of hydrogen-bond donors (Lipinski definition) is 1. The van der Waals surface area contributed by atoms with Gasteiger partial charge in [0, 0.05) is 11.8 Å². The summed E-state index contributed by atoms with van der Waals surface area (Å²) in [6.45, 7) is 0. The predicted octanol–water partition coefficient (Wildman–Crippen LogP) is 0.388. The molecule has 0 fully saturated rings. The number of benzene rings is 1. The van der Waals surface area contributed by atoms with Gasteiger partial charge in [-0.15, -0.1) is 0 Å².